The van der Waals surface area contributed by atoms with Crippen LogP contribution in [0.2, 0.25) is 8.87 Å². The molecule has 8 nitrogen and oxygen atoms in total. The van der Waals surface area contributed by atoms with Crippen LogP contribution in [0.25, 0.3) is 0 Å². The van der Waals surface area contributed by atoms with Crippen LogP contribution in [0.5, 0.6) is 5.75 Å². The number of nitrogens with two attached hydrogens (primary N) is 1. The zero-order chi connectivity index (χ0) is 26.5. The predicted octanol–water partition coefficient (Wildman–Crippen LogP) is 2.54. The second-order valence-corrected chi connectivity index (χ2v) is 12.4. The SMILES string of the molecule is C[C@H]([CH2][Sn][CH2]C(=O)N(C)[C@H](C)C(=O)N[C@H](Cc1ccccc1)C(=O)O)Oc1ccccc1CCCN. The Bertz CT molecular complexity index is 988. The molecule has 2 aromatic carbocycles. The monoisotopic (exact) mass is 603 g/mol. The Balaban J connectivity index is 1.81. The molecule has 0 aliphatic rings. The summed E-state index contributed by atoms with van der Waals surface area (Å²) in [5.74, 6) is -0.823. The molecule has 2 radical (unpaired) electrons. The van der Waals surface area contributed by atoms with Crippen molar-refractivity contribution in [3.63, 3.8) is 0 Å². The van der Waals surface area contributed by atoms with E-state index in [1.807, 2.05) is 55.5 Å². The molecule has 0 aliphatic heterocycles. The van der Waals surface area contributed by atoms with E-state index in [1.54, 1.807) is 14.0 Å². The number of nitrogens with zero attached hydrogens (tertiary/aromatic N) is 1. The molecule has 0 heterocycles. The summed E-state index contributed by atoms with van der Waals surface area (Å²) in [5, 5.41) is 12.1. The molecule has 9 heteroatoms. The first-order chi connectivity index (χ1) is 17.2. The van der Waals surface area contributed by atoms with Gasteiger partial charge in [-0.25, -0.2) is 0 Å². The summed E-state index contributed by atoms with van der Waals surface area (Å²) in [5.41, 5.74) is 7.59. The molecule has 194 valence electrons. The fraction of sp³-hybridized carbons (Fsp3) is 0.444. The maximum absolute atomic E-state index is 12.7. The number of aliphatic carboxylic acids is 1. The van der Waals surface area contributed by atoms with Gasteiger partial charge in [0.25, 0.3) is 0 Å². The Hall–Kier alpha value is -2.59. The quantitative estimate of drug-likeness (QED) is 0.270. The van der Waals surface area contributed by atoms with Gasteiger partial charge in [-0.05, 0) is 0 Å². The van der Waals surface area contributed by atoms with Gasteiger partial charge < -0.3 is 0 Å². The number of rotatable bonds is 15. The van der Waals surface area contributed by atoms with Gasteiger partial charge in [-0.15, -0.1) is 0 Å². The van der Waals surface area contributed by atoms with E-state index in [0.717, 1.165) is 34.2 Å². The van der Waals surface area contributed by atoms with E-state index in [-0.39, 0.29) is 18.4 Å². The van der Waals surface area contributed by atoms with Gasteiger partial charge in [0.05, 0.1) is 0 Å². The van der Waals surface area contributed by atoms with Crippen molar-refractivity contribution < 1.29 is 24.2 Å². The van der Waals surface area contributed by atoms with E-state index in [9.17, 15) is 19.5 Å². The summed E-state index contributed by atoms with van der Waals surface area (Å²) in [4.78, 5) is 38.5. The average Bonchev–Trinajstić information content (AvgIpc) is 2.87. The average molecular weight is 602 g/mol. The fourth-order valence-corrected chi connectivity index (χ4v) is 6.75. The number of carbonyl (C=O) groups is 3. The van der Waals surface area contributed by atoms with Crippen molar-refractivity contribution in [1.29, 1.82) is 0 Å². The molecule has 0 bridgehead atoms. The van der Waals surface area contributed by atoms with Gasteiger partial charge in [0.15, 0.2) is 0 Å². The number of carboxylic acids is 1. The number of hydrogen-bond donors (Lipinski definition) is 3. The molecule has 0 spiro atoms. The van der Waals surface area contributed by atoms with Crippen molar-refractivity contribution in [1.82, 2.24) is 10.2 Å². The van der Waals surface area contributed by atoms with E-state index in [2.05, 4.69) is 11.4 Å². The van der Waals surface area contributed by atoms with Crippen LogP contribution in [-0.2, 0) is 27.2 Å². The Morgan fingerprint density at radius 1 is 1.08 bits per heavy atom. The van der Waals surface area contributed by atoms with Crippen LogP contribution in [0.15, 0.2) is 54.6 Å². The second-order valence-electron chi connectivity index (χ2n) is 8.83. The van der Waals surface area contributed by atoms with Crippen molar-refractivity contribution in [2.75, 3.05) is 13.6 Å². The van der Waals surface area contributed by atoms with Gasteiger partial charge in [0, 0.05) is 0 Å². The molecule has 2 aromatic rings. The minimum absolute atomic E-state index is 0.00349. The van der Waals surface area contributed by atoms with Crippen molar-refractivity contribution in [3.05, 3.63) is 65.7 Å². The number of ether oxygens (including phenoxy) is 1. The summed E-state index contributed by atoms with van der Waals surface area (Å²) in [6.07, 6.45) is 1.95. The molecule has 2 rings (SSSR count). The summed E-state index contributed by atoms with van der Waals surface area (Å²) >= 11 is -1.07. The maximum atomic E-state index is 12.7. The molecule has 36 heavy (non-hydrogen) atoms. The molecule has 2 amide bonds. The third kappa shape index (κ3) is 9.81. The van der Waals surface area contributed by atoms with E-state index in [0.29, 0.717) is 11.0 Å². The molecule has 0 saturated heterocycles. The number of benzene rings is 2. The molecule has 0 saturated carbocycles. The van der Waals surface area contributed by atoms with E-state index in [4.69, 9.17) is 10.5 Å². The number of likely N-dealkylation sites (N-methyl/N-ethyl adjacent to an activating group) is 1. The number of amides is 2. The third-order valence-corrected chi connectivity index (χ3v) is 9.95. The number of hydrogen-bond acceptors (Lipinski definition) is 5. The molecule has 3 atom stereocenters. The Labute approximate surface area is 223 Å². The van der Waals surface area contributed by atoms with Crippen LogP contribution >= 0.6 is 0 Å². The first-order valence-corrected chi connectivity index (χ1v) is 16.2. The zero-order valence-corrected chi connectivity index (χ0v) is 24.1. The standard InChI is InChI=1S/C15H19N2O4.C12H18NO.Sn/c1-10(17(3)11(2)18)14(19)16-13(15(20)21)9-12-7-5-4-6-8-12;1-10(2)14-12-8-4-3-6-11(12)7-5-9-13;/h4-8,10,13H,2,9H2,1,3H3,(H,16,19)(H,20,21);3-4,6,8,10H,1,5,7,9,13H2,2H3;/t10-,13-;10-;/m10./s1. The topological polar surface area (TPSA) is 122 Å². The van der Waals surface area contributed by atoms with Crippen LogP contribution in [0.4, 0.5) is 0 Å². The van der Waals surface area contributed by atoms with Crippen molar-refractivity contribution >= 4 is 38.9 Å². The fourth-order valence-electron chi connectivity index (χ4n) is 3.62. The molecule has 0 aromatic heterocycles. The van der Waals surface area contributed by atoms with Gasteiger partial charge >= 0.3 is 224 Å². The molecular formula is C27H37N3O5Sn. The van der Waals surface area contributed by atoms with Crippen molar-refractivity contribution in [3.8, 4) is 5.75 Å². The number of para-hydroxylation sites is 1. The Kier molecular flexibility index (Phi) is 12.8. The normalized spacial score (nSPS) is 13.3. The van der Waals surface area contributed by atoms with E-state index < -0.39 is 45.1 Å². The van der Waals surface area contributed by atoms with Gasteiger partial charge in [0.1, 0.15) is 0 Å². The van der Waals surface area contributed by atoms with Gasteiger partial charge in [-0.1, -0.05) is 0 Å². The predicted molar refractivity (Wildman–Crippen MR) is 141 cm³/mol. The summed E-state index contributed by atoms with van der Waals surface area (Å²) in [6, 6.07) is 15.3. The van der Waals surface area contributed by atoms with Crippen LogP contribution in [0.1, 0.15) is 31.4 Å². The van der Waals surface area contributed by atoms with Crippen LogP contribution in [0.3, 0.4) is 0 Å². The summed E-state index contributed by atoms with van der Waals surface area (Å²) in [6.45, 7) is 4.27. The molecule has 0 aliphatic carbocycles. The molecular weight excluding hydrogens is 565 g/mol. The van der Waals surface area contributed by atoms with Gasteiger partial charge in [-0.3, -0.25) is 0 Å². The zero-order valence-electron chi connectivity index (χ0n) is 21.3. The minimum atomic E-state index is -1.11. The van der Waals surface area contributed by atoms with Gasteiger partial charge in [-0.2, -0.15) is 0 Å². The number of aryl methyl sites for hydroxylation is 1. The summed E-state index contributed by atoms with van der Waals surface area (Å²) < 4.78 is 7.43. The summed E-state index contributed by atoms with van der Waals surface area (Å²) in [7, 11) is 1.59. The van der Waals surface area contributed by atoms with Crippen molar-refractivity contribution in [2.24, 2.45) is 5.73 Å². The third-order valence-electron chi connectivity index (χ3n) is 5.91. The number of carboxylic acid groups (broad SMARTS) is 1. The van der Waals surface area contributed by atoms with E-state index in [1.165, 1.54) is 4.90 Å². The van der Waals surface area contributed by atoms with Gasteiger partial charge in [0.2, 0.25) is 0 Å². The van der Waals surface area contributed by atoms with Crippen LogP contribution in [0, 0.1) is 0 Å². The van der Waals surface area contributed by atoms with Crippen LogP contribution in [-0.4, -0.2) is 80.7 Å². The number of nitrogens with one attached hydrogen (secondary N) is 1. The Morgan fingerprint density at radius 2 is 1.75 bits per heavy atom. The molecule has 4 N–H and O–H groups in total. The second kappa shape index (κ2) is 15.5. The molecule has 0 fully saturated rings. The van der Waals surface area contributed by atoms with Crippen molar-refractivity contribution in [2.45, 2.75) is 60.2 Å². The van der Waals surface area contributed by atoms with E-state index >= 15 is 0 Å². The first-order valence-electron chi connectivity index (χ1n) is 12.2. The first kappa shape index (κ1) is 29.6. The van der Waals surface area contributed by atoms with Crippen LogP contribution < -0.4 is 15.8 Å². The number of carbonyl (C=O) groups excluding carboxylic acids is 2. The Morgan fingerprint density at radius 3 is 2.42 bits per heavy atom. The molecule has 0 unspecified atom stereocenters.